The summed E-state index contributed by atoms with van der Waals surface area (Å²) in [6, 6.07) is 0. The minimum absolute atomic E-state index is 0.167. The Labute approximate surface area is 439 Å². The first-order valence-electron chi connectivity index (χ1n) is 27.8. The molecule has 0 bridgehead atoms. The molecule has 0 aromatic heterocycles. The molecule has 0 heterocycles. The van der Waals surface area contributed by atoms with Gasteiger partial charge in [-0.1, -0.05) is 199 Å². The van der Waals surface area contributed by atoms with Gasteiger partial charge in [0.1, 0.15) is 13.2 Å². The predicted molar refractivity (Wildman–Crippen MR) is 304 cm³/mol. The molecule has 0 saturated carbocycles. The summed E-state index contributed by atoms with van der Waals surface area (Å²) in [4.78, 5) is 37.3. The molecule has 9 nitrogen and oxygen atoms in total. The average Bonchev–Trinajstić information content (AvgIpc) is 3.35. The molecule has 0 saturated heterocycles. The number of aliphatic carboxylic acids is 1. The molecule has 1 N–H and O–H groups in total. The number of nitrogens with zero attached hydrogens (tertiary/aromatic N) is 1. The smallest absolute Gasteiger partial charge is 0.361 e. The number of likely N-dealkylation sites (N-methyl/N-ethyl adjacent to an activating group) is 1. The normalized spacial score (nSPS) is 13.8. The zero-order chi connectivity index (χ0) is 52.7. The molecular weight excluding hydrogens is 899 g/mol. The first-order valence-corrected chi connectivity index (χ1v) is 27.8. The predicted octanol–water partition coefficient (Wildman–Crippen LogP) is 16.3. The van der Waals surface area contributed by atoms with E-state index in [2.05, 4.69) is 148 Å². The Hall–Kier alpha value is -4.57. The third-order valence-electron chi connectivity index (χ3n) is 11.1. The molecule has 0 aromatic rings. The summed E-state index contributed by atoms with van der Waals surface area (Å²) in [6.07, 6.45) is 72.4. The number of ether oxygens (including phenoxy) is 4. The van der Waals surface area contributed by atoms with Gasteiger partial charge in [0.15, 0.2) is 6.10 Å². The highest BCUT2D eigenvalue weighted by Crippen LogP contribution is 2.12. The summed E-state index contributed by atoms with van der Waals surface area (Å²) in [5, 5.41) is 9.69. The van der Waals surface area contributed by atoms with Crippen LogP contribution in [0.4, 0.5) is 0 Å². The van der Waals surface area contributed by atoms with Crippen LogP contribution < -0.4 is 0 Å². The number of esters is 2. The van der Waals surface area contributed by atoms with Gasteiger partial charge < -0.3 is 28.5 Å². The Morgan fingerprint density at radius 3 is 1.22 bits per heavy atom. The lowest BCUT2D eigenvalue weighted by molar-refractivity contribution is -0.870. The highest BCUT2D eigenvalue weighted by Gasteiger charge is 2.25. The van der Waals surface area contributed by atoms with Crippen LogP contribution in [0.25, 0.3) is 0 Å². The second-order valence-electron chi connectivity index (χ2n) is 19.2. The Kier molecular flexibility index (Phi) is 49.4. The molecule has 0 spiro atoms. The van der Waals surface area contributed by atoms with Crippen molar-refractivity contribution < 1.29 is 42.9 Å². The topological polar surface area (TPSA) is 108 Å². The van der Waals surface area contributed by atoms with E-state index < -0.39 is 24.3 Å². The second kappa shape index (κ2) is 52.7. The van der Waals surface area contributed by atoms with Crippen LogP contribution in [0.3, 0.4) is 0 Å². The van der Waals surface area contributed by atoms with Crippen molar-refractivity contribution in [3.05, 3.63) is 134 Å². The average molecular weight is 1000 g/mol. The molecule has 9 heteroatoms. The van der Waals surface area contributed by atoms with E-state index >= 15 is 0 Å². The largest absolute Gasteiger partial charge is 0.477 e. The number of hydrogen-bond acceptors (Lipinski definition) is 7. The number of carbonyl (C=O) groups excluding carboxylic acids is 2. The van der Waals surface area contributed by atoms with Crippen molar-refractivity contribution in [2.24, 2.45) is 0 Å². The van der Waals surface area contributed by atoms with E-state index in [0.29, 0.717) is 23.9 Å². The van der Waals surface area contributed by atoms with Crippen LogP contribution in [0.5, 0.6) is 0 Å². The van der Waals surface area contributed by atoms with Crippen molar-refractivity contribution in [3.8, 4) is 0 Å². The Bertz CT molecular complexity index is 1640. The van der Waals surface area contributed by atoms with Crippen LogP contribution in [-0.4, -0.2) is 87.4 Å². The first-order chi connectivity index (χ1) is 35.1. The fraction of sp³-hybridized carbons (Fsp3) is 0.603. The number of rotatable bonds is 49. The lowest BCUT2D eigenvalue weighted by Gasteiger charge is -2.25. The molecule has 72 heavy (non-hydrogen) atoms. The Balaban J connectivity index is 4.45. The monoisotopic (exact) mass is 1000 g/mol. The number of hydrogen-bond donors (Lipinski definition) is 1. The molecule has 0 aliphatic heterocycles. The van der Waals surface area contributed by atoms with Gasteiger partial charge in [0.2, 0.25) is 0 Å². The maximum Gasteiger partial charge on any atom is 0.361 e. The van der Waals surface area contributed by atoms with Gasteiger partial charge >= 0.3 is 17.9 Å². The molecular formula is C63H102NO8+. The molecule has 2 atom stereocenters. The van der Waals surface area contributed by atoms with E-state index in [9.17, 15) is 19.5 Å². The van der Waals surface area contributed by atoms with Crippen molar-refractivity contribution in [1.82, 2.24) is 0 Å². The summed E-state index contributed by atoms with van der Waals surface area (Å²) in [6.45, 7) is 4.64. The van der Waals surface area contributed by atoms with Crippen molar-refractivity contribution in [2.45, 2.75) is 200 Å². The van der Waals surface area contributed by atoms with Gasteiger partial charge in [-0.05, 0) is 109 Å². The molecule has 0 rings (SSSR count). The van der Waals surface area contributed by atoms with Gasteiger partial charge in [0, 0.05) is 12.8 Å². The molecule has 2 unspecified atom stereocenters. The number of carboxylic acid groups (broad SMARTS) is 1. The van der Waals surface area contributed by atoms with Gasteiger partial charge in [0.05, 0.1) is 34.4 Å². The van der Waals surface area contributed by atoms with Crippen LogP contribution in [0.2, 0.25) is 0 Å². The van der Waals surface area contributed by atoms with Crippen LogP contribution in [0, 0.1) is 0 Å². The van der Waals surface area contributed by atoms with Gasteiger partial charge in [-0.3, -0.25) is 9.59 Å². The highest BCUT2D eigenvalue weighted by atomic mass is 16.7. The van der Waals surface area contributed by atoms with E-state index in [0.717, 1.165) is 96.3 Å². The van der Waals surface area contributed by atoms with Crippen LogP contribution in [0.15, 0.2) is 134 Å². The highest BCUT2D eigenvalue weighted by molar-refractivity contribution is 5.71. The number of quaternary nitrogens is 1. The fourth-order valence-corrected chi connectivity index (χ4v) is 6.87. The molecule has 0 aliphatic rings. The van der Waals surface area contributed by atoms with Crippen LogP contribution in [0.1, 0.15) is 187 Å². The van der Waals surface area contributed by atoms with E-state index in [1.807, 2.05) is 21.1 Å². The van der Waals surface area contributed by atoms with E-state index in [4.69, 9.17) is 18.9 Å². The molecule has 0 fully saturated rings. The second-order valence-corrected chi connectivity index (χ2v) is 19.2. The molecule has 0 aromatic carbocycles. The Morgan fingerprint density at radius 2 is 0.806 bits per heavy atom. The number of carbonyl (C=O) groups is 3. The van der Waals surface area contributed by atoms with Crippen molar-refractivity contribution in [1.29, 1.82) is 0 Å². The molecule has 406 valence electrons. The van der Waals surface area contributed by atoms with Gasteiger partial charge in [-0.2, -0.15) is 0 Å². The third-order valence-corrected chi connectivity index (χ3v) is 11.1. The number of carboxylic acids is 1. The lowest BCUT2D eigenvalue weighted by atomic mass is 10.1. The van der Waals surface area contributed by atoms with E-state index in [-0.39, 0.29) is 38.6 Å². The Morgan fingerprint density at radius 1 is 0.431 bits per heavy atom. The van der Waals surface area contributed by atoms with Crippen molar-refractivity contribution >= 4 is 17.9 Å². The van der Waals surface area contributed by atoms with E-state index in [1.54, 1.807) is 0 Å². The lowest BCUT2D eigenvalue weighted by Crippen LogP contribution is -2.40. The summed E-state index contributed by atoms with van der Waals surface area (Å²) in [5.74, 6) is -2.12. The minimum Gasteiger partial charge on any atom is -0.477 e. The summed E-state index contributed by atoms with van der Waals surface area (Å²) in [7, 11) is 5.93. The number of unbranched alkanes of at least 4 members (excludes halogenated alkanes) is 12. The SMILES string of the molecule is CC/C=C\C/C=C\C/C=C\C/C=C\C/C=C\C/C=C\C/C=C\C/C=C\C/C=C\CCCC(=O)OC(COC(=O)CCCCCCCCC/C=C\C/C=C\CCCCCC)COC(OCC[N+](C)(C)C)C(=O)O. The quantitative estimate of drug-likeness (QED) is 0.0211. The maximum atomic E-state index is 12.8. The van der Waals surface area contributed by atoms with Gasteiger partial charge in [-0.15, -0.1) is 0 Å². The minimum atomic E-state index is -1.54. The van der Waals surface area contributed by atoms with Gasteiger partial charge in [-0.25, -0.2) is 4.79 Å². The van der Waals surface area contributed by atoms with Crippen molar-refractivity contribution in [3.63, 3.8) is 0 Å². The standard InChI is InChI=1S/C63H101NO8/c1-6-8-10-12-14-16-18-20-22-24-26-27-28-29-30-31-32-33-34-35-36-38-40-42-44-46-48-50-52-54-61(66)72-59(58-71-63(62(67)68)69-56-55-64(3,4)5)57-70-60(65)53-51-49-47-45-43-41-39-37-25-23-21-19-17-15-13-11-9-7-2/h8,10,14,16-17,19-20,22-23,25-27,29-30,32-33,35-36,40,42,46,48,59,63H,6-7,9,11-13,15,18,21,24,28,31,34,37-39,41,43-45,47,49-58H2,1-5H3/p+1/b10-8-,16-14-,19-17-,22-20-,25-23-,27-26-,30-29-,33-32-,36-35-,42-40-,48-46-. The third kappa shape index (κ3) is 53.2. The first kappa shape index (κ1) is 67.4. The molecule has 0 radical (unpaired) electrons. The van der Waals surface area contributed by atoms with Crippen LogP contribution >= 0.6 is 0 Å². The zero-order valence-electron chi connectivity index (χ0n) is 46.0. The summed E-state index contributed by atoms with van der Waals surface area (Å²) >= 11 is 0. The fourth-order valence-electron chi connectivity index (χ4n) is 6.87. The summed E-state index contributed by atoms with van der Waals surface area (Å²) in [5.41, 5.74) is 0. The zero-order valence-corrected chi connectivity index (χ0v) is 46.0. The molecule has 0 aliphatic carbocycles. The van der Waals surface area contributed by atoms with Gasteiger partial charge in [0.25, 0.3) is 6.29 Å². The maximum absolute atomic E-state index is 12.8. The van der Waals surface area contributed by atoms with Crippen LogP contribution in [-0.2, 0) is 33.3 Å². The molecule has 0 amide bonds. The van der Waals surface area contributed by atoms with E-state index in [1.165, 1.54) is 51.4 Å². The summed E-state index contributed by atoms with van der Waals surface area (Å²) < 4.78 is 22.8. The number of allylic oxidation sites excluding steroid dienone is 22. The van der Waals surface area contributed by atoms with Crippen molar-refractivity contribution in [2.75, 3.05) is 47.5 Å².